The number of aromatic nitrogens is 1. The van der Waals surface area contributed by atoms with Gasteiger partial charge in [-0.2, -0.15) is 0 Å². The van der Waals surface area contributed by atoms with E-state index in [-0.39, 0.29) is 0 Å². The molecule has 1 atom stereocenters. The van der Waals surface area contributed by atoms with Gasteiger partial charge in [0.1, 0.15) is 5.54 Å². The van der Waals surface area contributed by atoms with E-state index in [9.17, 15) is 9.90 Å². The van der Waals surface area contributed by atoms with Crippen LogP contribution in [0.15, 0.2) is 18.3 Å². The van der Waals surface area contributed by atoms with Crippen LogP contribution in [0, 0.1) is 6.92 Å². The van der Waals surface area contributed by atoms with Crippen molar-refractivity contribution in [3.63, 3.8) is 0 Å². The maximum Gasteiger partial charge on any atom is 0.326 e. The molecule has 0 saturated carbocycles. The molecule has 0 bridgehead atoms. The van der Waals surface area contributed by atoms with Crippen molar-refractivity contribution in [3.05, 3.63) is 24.0 Å². The average molecular weight is 291 g/mol. The number of carboxylic acid groups (broad SMARTS) is 1. The second-order valence-electron chi connectivity index (χ2n) is 5.77. The summed E-state index contributed by atoms with van der Waals surface area (Å²) in [6.45, 7) is 5.98. The SMILES string of the molecule is Cc1cc(N2CCN(C3(C(=O)O)CCOC3)CC2)ccn1. The predicted molar refractivity (Wildman–Crippen MR) is 78.6 cm³/mol. The topological polar surface area (TPSA) is 65.9 Å². The minimum Gasteiger partial charge on any atom is -0.480 e. The summed E-state index contributed by atoms with van der Waals surface area (Å²) in [6, 6.07) is 4.08. The Morgan fingerprint density at radius 1 is 1.38 bits per heavy atom. The smallest absolute Gasteiger partial charge is 0.326 e. The molecule has 3 heterocycles. The highest BCUT2D eigenvalue weighted by Crippen LogP contribution is 2.29. The molecule has 1 N–H and O–H groups in total. The van der Waals surface area contributed by atoms with Crippen LogP contribution in [0.3, 0.4) is 0 Å². The lowest BCUT2D eigenvalue weighted by Crippen LogP contribution is -2.61. The molecule has 1 aromatic rings. The number of carboxylic acids is 1. The summed E-state index contributed by atoms with van der Waals surface area (Å²) in [5.74, 6) is -0.756. The van der Waals surface area contributed by atoms with E-state index in [0.29, 0.717) is 19.6 Å². The van der Waals surface area contributed by atoms with Gasteiger partial charge in [-0.15, -0.1) is 0 Å². The van der Waals surface area contributed by atoms with Crippen molar-refractivity contribution >= 4 is 11.7 Å². The highest BCUT2D eigenvalue weighted by Gasteiger charge is 2.48. The summed E-state index contributed by atoms with van der Waals surface area (Å²) in [4.78, 5) is 20.3. The van der Waals surface area contributed by atoms with Crippen LogP contribution in [0.5, 0.6) is 0 Å². The first-order chi connectivity index (χ1) is 10.1. The van der Waals surface area contributed by atoms with E-state index in [0.717, 1.165) is 37.6 Å². The van der Waals surface area contributed by atoms with Crippen molar-refractivity contribution in [3.8, 4) is 0 Å². The summed E-state index contributed by atoms with van der Waals surface area (Å²) in [6.07, 6.45) is 2.40. The van der Waals surface area contributed by atoms with Gasteiger partial charge in [-0.25, -0.2) is 0 Å². The minimum absolute atomic E-state index is 0.302. The van der Waals surface area contributed by atoms with Crippen LogP contribution in [-0.2, 0) is 9.53 Å². The van der Waals surface area contributed by atoms with E-state index >= 15 is 0 Å². The molecule has 0 aliphatic carbocycles. The number of anilines is 1. The first kappa shape index (κ1) is 14.3. The van der Waals surface area contributed by atoms with Gasteiger partial charge in [0, 0.05) is 56.8 Å². The van der Waals surface area contributed by atoms with Gasteiger partial charge in [-0.05, 0) is 19.1 Å². The Balaban J connectivity index is 1.69. The number of hydrogen-bond donors (Lipinski definition) is 1. The molecular weight excluding hydrogens is 270 g/mol. The Morgan fingerprint density at radius 3 is 2.71 bits per heavy atom. The van der Waals surface area contributed by atoms with Gasteiger partial charge >= 0.3 is 5.97 Å². The molecule has 114 valence electrons. The molecular formula is C15H21N3O3. The molecule has 2 saturated heterocycles. The van der Waals surface area contributed by atoms with Crippen LogP contribution >= 0.6 is 0 Å². The Morgan fingerprint density at radius 2 is 2.14 bits per heavy atom. The summed E-state index contributed by atoms with van der Waals surface area (Å²) in [5.41, 5.74) is 1.34. The molecule has 2 fully saturated rings. The number of nitrogens with zero attached hydrogens (tertiary/aromatic N) is 3. The number of piperazine rings is 1. The number of pyridine rings is 1. The van der Waals surface area contributed by atoms with Gasteiger partial charge in [0.15, 0.2) is 0 Å². The van der Waals surface area contributed by atoms with Crippen molar-refractivity contribution < 1.29 is 14.6 Å². The second kappa shape index (κ2) is 5.61. The van der Waals surface area contributed by atoms with E-state index < -0.39 is 11.5 Å². The molecule has 6 nitrogen and oxygen atoms in total. The molecule has 2 aliphatic rings. The highest BCUT2D eigenvalue weighted by molar-refractivity contribution is 5.79. The molecule has 0 aromatic carbocycles. The molecule has 1 aromatic heterocycles. The lowest BCUT2D eigenvalue weighted by molar-refractivity contribution is -0.152. The van der Waals surface area contributed by atoms with Crippen LogP contribution < -0.4 is 4.90 Å². The lowest BCUT2D eigenvalue weighted by Gasteiger charge is -2.43. The zero-order valence-corrected chi connectivity index (χ0v) is 12.3. The number of ether oxygens (including phenoxy) is 1. The fraction of sp³-hybridized carbons (Fsp3) is 0.600. The zero-order valence-electron chi connectivity index (χ0n) is 12.3. The predicted octanol–water partition coefficient (Wildman–Crippen LogP) is 0.756. The normalized spacial score (nSPS) is 27.0. The van der Waals surface area contributed by atoms with Crippen molar-refractivity contribution in [2.24, 2.45) is 0 Å². The van der Waals surface area contributed by atoms with Gasteiger partial charge in [0.2, 0.25) is 0 Å². The molecule has 0 radical (unpaired) electrons. The van der Waals surface area contributed by atoms with E-state index in [2.05, 4.69) is 20.9 Å². The largest absolute Gasteiger partial charge is 0.480 e. The van der Waals surface area contributed by atoms with E-state index in [4.69, 9.17) is 4.74 Å². The number of rotatable bonds is 3. The summed E-state index contributed by atoms with van der Waals surface area (Å²) in [5, 5.41) is 9.59. The summed E-state index contributed by atoms with van der Waals surface area (Å²) in [7, 11) is 0. The van der Waals surface area contributed by atoms with Crippen LogP contribution in [0.25, 0.3) is 0 Å². The number of aliphatic carboxylic acids is 1. The fourth-order valence-corrected chi connectivity index (χ4v) is 3.23. The maximum atomic E-state index is 11.7. The zero-order chi connectivity index (χ0) is 14.9. The fourth-order valence-electron chi connectivity index (χ4n) is 3.23. The Kier molecular flexibility index (Phi) is 3.82. The van der Waals surface area contributed by atoms with E-state index in [1.54, 1.807) is 0 Å². The minimum atomic E-state index is -0.819. The van der Waals surface area contributed by atoms with Crippen LogP contribution in [0.1, 0.15) is 12.1 Å². The van der Waals surface area contributed by atoms with Gasteiger partial charge in [0.25, 0.3) is 0 Å². The summed E-state index contributed by atoms with van der Waals surface area (Å²) < 4.78 is 5.36. The Bertz CT molecular complexity index is 521. The van der Waals surface area contributed by atoms with E-state index in [1.165, 1.54) is 0 Å². The molecule has 6 heteroatoms. The molecule has 21 heavy (non-hydrogen) atoms. The number of hydrogen-bond acceptors (Lipinski definition) is 5. The van der Waals surface area contributed by atoms with Crippen LogP contribution in [-0.4, -0.2) is 65.9 Å². The molecule has 1 unspecified atom stereocenters. The third-order valence-corrected chi connectivity index (χ3v) is 4.53. The first-order valence-corrected chi connectivity index (χ1v) is 7.36. The van der Waals surface area contributed by atoms with Crippen molar-refractivity contribution in [1.29, 1.82) is 0 Å². The van der Waals surface area contributed by atoms with Crippen LogP contribution in [0.4, 0.5) is 5.69 Å². The first-order valence-electron chi connectivity index (χ1n) is 7.36. The van der Waals surface area contributed by atoms with Gasteiger partial charge < -0.3 is 14.7 Å². The second-order valence-corrected chi connectivity index (χ2v) is 5.77. The van der Waals surface area contributed by atoms with E-state index in [1.807, 2.05) is 19.2 Å². The average Bonchev–Trinajstić information content (AvgIpc) is 2.98. The molecule has 0 amide bonds. The van der Waals surface area contributed by atoms with Crippen molar-refractivity contribution in [1.82, 2.24) is 9.88 Å². The third-order valence-electron chi connectivity index (χ3n) is 4.53. The lowest BCUT2D eigenvalue weighted by atomic mass is 9.95. The molecule has 2 aliphatic heterocycles. The number of aryl methyl sites for hydroxylation is 1. The third kappa shape index (κ3) is 2.61. The van der Waals surface area contributed by atoms with Crippen molar-refractivity contribution in [2.45, 2.75) is 18.9 Å². The van der Waals surface area contributed by atoms with Gasteiger partial charge in [-0.1, -0.05) is 0 Å². The Hall–Kier alpha value is -1.66. The monoisotopic (exact) mass is 291 g/mol. The highest BCUT2D eigenvalue weighted by atomic mass is 16.5. The van der Waals surface area contributed by atoms with Gasteiger partial charge in [0.05, 0.1) is 6.61 Å². The number of carbonyl (C=O) groups is 1. The summed E-state index contributed by atoms with van der Waals surface area (Å²) >= 11 is 0. The van der Waals surface area contributed by atoms with Crippen LogP contribution in [0.2, 0.25) is 0 Å². The Labute approximate surface area is 124 Å². The molecule has 0 spiro atoms. The van der Waals surface area contributed by atoms with Crippen molar-refractivity contribution in [2.75, 3.05) is 44.3 Å². The van der Waals surface area contributed by atoms with Gasteiger partial charge in [-0.3, -0.25) is 14.7 Å². The maximum absolute atomic E-state index is 11.7. The quantitative estimate of drug-likeness (QED) is 0.887. The standard InChI is InChI=1S/C15H21N3O3/c1-12-10-13(2-4-16-12)17-5-7-18(8-6-17)15(14(19)20)3-9-21-11-15/h2,4,10H,3,5-9,11H2,1H3,(H,19,20). The molecule has 3 rings (SSSR count).